The molecule has 3 heteroatoms. The van der Waals surface area contributed by atoms with Gasteiger partial charge in [0.25, 0.3) is 0 Å². The lowest BCUT2D eigenvalue weighted by Gasteiger charge is -2.16. The minimum atomic E-state index is 0.635. The average Bonchev–Trinajstić information content (AvgIpc) is 2.05. The van der Waals surface area contributed by atoms with E-state index in [1.165, 1.54) is 19.2 Å². The van der Waals surface area contributed by atoms with E-state index in [4.69, 9.17) is 11.5 Å². The molecule has 0 aromatic carbocycles. The topological polar surface area (TPSA) is 64.4 Å². The fourth-order valence-electron chi connectivity index (χ4n) is 1.47. The van der Waals surface area contributed by atoms with Gasteiger partial charge in [0.05, 0.1) is 6.34 Å². The zero-order chi connectivity index (χ0) is 8.97. The van der Waals surface area contributed by atoms with Crippen molar-refractivity contribution in [1.82, 2.24) is 0 Å². The van der Waals surface area contributed by atoms with Crippen LogP contribution in [0.25, 0.3) is 0 Å². The number of rotatable bonds is 2. The quantitative estimate of drug-likeness (QED) is 0.478. The first kappa shape index (κ1) is 8.84. The Morgan fingerprint density at radius 3 is 2.67 bits per heavy atom. The van der Waals surface area contributed by atoms with Crippen molar-refractivity contribution in [2.75, 3.05) is 0 Å². The zero-order valence-electron chi connectivity index (χ0n) is 7.21. The number of nitrogens with zero attached hydrogens (tertiary/aromatic N) is 1. The minimum Gasteiger partial charge on any atom is -0.399 e. The van der Waals surface area contributed by atoms with Crippen LogP contribution in [0.5, 0.6) is 0 Å². The zero-order valence-corrected chi connectivity index (χ0v) is 7.21. The SMILES string of the molecule is C=C(N)C1=C(N=CN)CCCC1. The van der Waals surface area contributed by atoms with Crippen LogP contribution < -0.4 is 11.5 Å². The Bertz CT molecular complexity index is 238. The maximum atomic E-state index is 5.62. The molecule has 1 rings (SSSR count). The Morgan fingerprint density at radius 1 is 1.42 bits per heavy atom. The number of aliphatic imine (C=N–C) groups is 1. The second-order valence-corrected chi connectivity index (χ2v) is 2.94. The summed E-state index contributed by atoms with van der Waals surface area (Å²) in [5, 5.41) is 0. The minimum absolute atomic E-state index is 0.635. The molecular formula is C9H15N3. The molecule has 1 aliphatic rings. The van der Waals surface area contributed by atoms with Crippen molar-refractivity contribution in [2.24, 2.45) is 16.5 Å². The van der Waals surface area contributed by atoms with E-state index in [9.17, 15) is 0 Å². The summed E-state index contributed by atoms with van der Waals surface area (Å²) in [7, 11) is 0. The fourth-order valence-corrected chi connectivity index (χ4v) is 1.47. The second-order valence-electron chi connectivity index (χ2n) is 2.94. The second kappa shape index (κ2) is 3.95. The molecule has 0 aromatic rings. The van der Waals surface area contributed by atoms with Gasteiger partial charge in [-0.1, -0.05) is 6.58 Å². The van der Waals surface area contributed by atoms with Crippen LogP contribution in [0, 0.1) is 0 Å². The van der Waals surface area contributed by atoms with E-state index >= 15 is 0 Å². The van der Waals surface area contributed by atoms with E-state index in [1.807, 2.05) is 0 Å². The highest BCUT2D eigenvalue weighted by atomic mass is 14.8. The van der Waals surface area contributed by atoms with Crippen molar-refractivity contribution in [3.63, 3.8) is 0 Å². The lowest BCUT2D eigenvalue weighted by Crippen LogP contribution is -2.07. The van der Waals surface area contributed by atoms with Crippen molar-refractivity contribution >= 4 is 6.34 Å². The van der Waals surface area contributed by atoms with Crippen LogP contribution in [0.2, 0.25) is 0 Å². The molecule has 0 aromatic heterocycles. The predicted molar refractivity (Wildman–Crippen MR) is 51.5 cm³/mol. The monoisotopic (exact) mass is 165 g/mol. The van der Waals surface area contributed by atoms with Gasteiger partial charge in [-0.2, -0.15) is 0 Å². The highest BCUT2D eigenvalue weighted by Gasteiger charge is 2.12. The van der Waals surface area contributed by atoms with E-state index in [0.717, 1.165) is 24.1 Å². The van der Waals surface area contributed by atoms with Crippen LogP contribution in [-0.4, -0.2) is 6.34 Å². The van der Waals surface area contributed by atoms with Crippen LogP contribution >= 0.6 is 0 Å². The van der Waals surface area contributed by atoms with Gasteiger partial charge in [-0.15, -0.1) is 0 Å². The summed E-state index contributed by atoms with van der Waals surface area (Å²) in [6.45, 7) is 3.72. The van der Waals surface area contributed by atoms with Crippen molar-refractivity contribution in [3.8, 4) is 0 Å². The molecule has 0 saturated heterocycles. The number of hydrogen-bond donors (Lipinski definition) is 2. The van der Waals surface area contributed by atoms with Crippen molar-refractivity contribution in [1.29, 1.82) is 0 Å². The maximum absolute atomic E-state index is 5.62. The smallest absolute Gasteiger partial charge is 0.0856 e. The third-order valence-electron chi connectivity index (χ3n) is 2.06. The molecule has 12 heavy (non-hydrogen) atoms. The average molecular weight is 165 g/mol. The molecule has 0 unspecified atom stereocenters. The van der Waals surface area contributed by atoms with Crippen molar-refractivity contribution in [2.45, 2.75) is 25.7 Å². The molecule has 3 nitrogen and oxygen atoms in total. The van der Waals surface area contributed by atoms with Gasteiger partial charge in [0.1, 0.15) is 0 Å². The summed E-state index contributed by atoms with van der Waals surface area (Å²) in [5.41, 5.74) is 13.6. The van der Waals surface area contributed by atoms with Crippen LogP contribution in [0.1, 0.15) is 25.7 Å². The Hall–Kier alpha value is -1.25. The molecule has 0 fully saturated rings. The Morgan fingerprint density at radius 2 is 2.08 bits per heavy atom. The molecule has 0 heterocycles. The molecule has 0 aliphatic heterocycles. The van der Waals surface area contributed by atoms with Gasteiger partial charge in [0.2, 0.25) is 0 Å². The molecular weight excluding hydrogens is 150 g/mol. The first-order valence-electron chi connectivity index (χ1n) is 4.16. The summed E-state index contributed by atoms with van der Waals surface area (Å²) in [6, 6.07) is 0. The number of allylic oxidation sites excluding steroid dienone is 2. The third-order valence-corrected chi connectivity index (χ3v) is 2.06. The highest BCUT2D eigenvalue weighted by molar-refractivity contribution is 5.54. The molecule has 0 saturated carbocycles. The molecule has 0 bridgehead atoms. The van der Waals surface area contributed by atoms with E-state index in [0.29, 0.717) is 5.70 Å². The lowest BCUT2D eigenvalue weighted by molar-refractivity contribution is 0.671. The lowest BCUT2D eigenvalue weighted by atomic mass is 9.95. The summed E-state index contributed by atoms with van der Waals surface area (Å²) in [4.78, 5) is 4.08. The van der Waals surface area contributed by atoms with E-state index in [2.05, 4.69) is 11.6 Å². The molecule has 1 aliphatic carbocycles. The molecule has 4 N–H and O–H groups in total. The van der Waals surface area contributed by atoms with Crippen LogP contribution in [0.3, 0.4) is 0 Å². The molecule has 0 spiro atoms. The number of hydrogen-bond acceptors (Lipinski definition) is 2. The van der Waals surface area contributed by atoms with Gasteiger partial charge in [0, 0.05) is 11.4 Å². The van der Waals surface area contributed by atoms with Crippen molar-refractivity contribution in [3.05, 3.63) is 23.5 Å². The summed E-state index contributed by atoms with van der Waals surface area (Å²) < 4.78 is 0. The normalized spacial score (nSPS) is 18.7. The Balaban J connectivity index is 2.90. The van der Waals surface area contributed by atoms with E-state index in [1.54, 1.807) is 0 Å². The number of nitrogens with two attached hydrogens (primary N) is 2. The van der Waals surface area contributed by atoms with Gasteiger partial charge >= 0.3 is 0 Å². The molecule has 0 radical (unpaired) electrons. The standard InChI is InChI=1S/C9H15N3/c1-7(11)8-4-2-3-5-9(8)12-6-10/h6H,1-5,11H2,(H2,10,12). The molecule has 0 amide bonds. The highest BCUT2D eigenvalue weighted by Crippen LogP contribution is 2.27. The summed E-state index contributed by atoms with van der Waals surface area (Å²) in [6.07, 6.45) is 5.63. The van der Waals surface area contributed by atoms with Crippen molar-refractivity contribution < 1.29 is 0 Å². The van der Waals surface area contributed by atoms with E-state index < -0.39 is 0 Å². The molecule has 66 valence electrons. The van der Waals surface area contributed by atoms with Crippen LogP contribution in [-0.2, 0) is 0 Å². The van der Waals surface area contributed by atoms with Crippen LogP contribution in [0.4, 0.5) is 0 Å². The van der Waals surface area contributed by atoms with Gasteiger partial charge in [-0.25, -0.2) is 4.99 Å². The Labute approximate surface area is 72.8 Å². The van der Waals surface area contributed by atoms with Gasteiger partial charge in [-0.05, 0) is 31.3 Å². The maximum Gasteiger partial charge on any atom is 0.0856 e. The molecule has 0 atom stereocenters. The van der Waals surface area contributed by atoms with Crippen LogP contribution in [0.15, 0.2) is 28.5 Å². The largest absolute Gasteiger partial charge is 0.399 e. The van der Waals surface area contributed by atoms with Gasteiger partial charge in [0.15, 0.2) is 0 Å². The first-order chi connectivity index (χ1) is 5.75. The van der Waals surface area contributed by atoms with Gasteiger partial charge < -0.3 is 11.5 Å². The third kappa shape index (κ3) is 1.87. The van der Waals surface area contributed by atoms with E-state index in [-0.39, 0.29) is 0 Å². The Kier molecular flexibility index (Phi) is 2.91. The summed E-state index contributed by atoms with van der Waals surface area (Å²) >= 11 is 0. The summed E-state index contributed by atoms with van der Waals surface area (Å²) in [5.74, 6) is 0. The van der Waals surface area contributed by atoms with Gasteiger partial charge in [-0.3, -0.25) is 0 Å². The predicted octanol–water partition coefficient (Wildman–Crippen LogP) is 1.27. The fraction of sp³-hybridized carbons (Fsp3) is 0.444. The first-order valence-corrected chi connectivity index (χ1v) is 4.16.